The van der Waals surface area contributed by atoms with E-state index in [0.717, 1.165) is 16.9 Å². The molecule has 4 aromatic rings. The highest BCUT2D eigenvalue weighted by atomic mass is 35.5. The second kappa shape index (κ2) is 10.1. The van der Waals surface area contributed by atoms with Gasteiger partial charge in [0.2, 0.25) is 5.91 Å². The Labute approximate surface area is 198 Å². The van der Waals surface area contributed by atoms with E-state index in [9.17, 15) is 4.79 Å². The van der Waals surface area contributed by atoms with Gasteiger partial charge in [0.05, 0.1) is 6.42 Å². The molecule has 0 saturated carbocycles. The molecule has 0 radical (unpaired) electrons. The summed E-state index contributed by atoms with van der Waals surface area (Å²) >= 11 is 6.14. The first kappa shape index (κ1) is 22.3. The van der Waals surface area contributed by atoms with Crippen LogP contribution in [0.3, 0.4) is 0 Å². The van der Waals surface area contributed by atoms with E-state index in [-0.39, 0.29) is 12.3 Å². The van der Waals surface area contributed by atoms with Crippen molar-refractivity contribution in [3.05, 3.63) is 101 Å². The Hall–Kier alpha value is -3.90. The molecule has 0 aliphatic heterocycles. The van der Waals surface area contributed by atoms with Crippen LogP contribution in [0.5, 0.6) is 0 Å². The van der Waals surface area contributed by atoms with Crippen molar-refractivity contribution in [1.29, 1.82) is 0 Å². The third-order valence-electron chi connectivity index (χ3n) is 4.91. The second-order valence-corrected chi connectivity index (χ2v) is 8.10. The van der Waals surface area contributed by atoms with Crippen molar-refractivity contribution in [2.24, 2.45) is 0 Å². The molecule has 1 amide bonds. The Morgan fingerprint density at radius 3 is 1.94 bits per heavy atom. The zero-order chi connectivity index (χ0) is 23.2. The Kier molecular flexibility index (Phi) is 6.86. The van der Waals surface area contributed by atoms with Gasteiger partial charge in [-0.15, -0.1) is 0 Å². The van der Waals surface area contributed by atoms with E-state index < -0.39 is 0 Å². The SMILES string of the molecule is Cc1ccc(Nc2cc(Nc3ccc(NC(=O)Cc4ccccc4Cl)cc3)nc(C)n2)cc1. The molecule has 0 fully saturated rings. The predicted molar refractivity (Wildman–Crippen MR) is 135 cm³/mol. The van der Waals surface area contributed by atoms with Gasteiger partial charge in [0.15, 0.2) is 0 Å². The van der Waals surface area contributed by atoms with Crippen molar-refractivity contribution < 1.29 is 4.79 Å². The number of aryl methyl sites for hydroxylation is 2. The van der Waals surface area contributed by atoms with Gasteiger partial charge in [-0.25, -0.2) is 9.97 Å². The van der Waals surface area contributed by atoms with Crippen LogP contribution in [0.4, 0.5) is 28.7 Å². The summed E-state index contributed by atoms with van der Waals surface area (Å²) in [5, 5.41) is 10.1. The van der Waals surface area contributed by atoms with Crippen molar-refractivity contribution in [3.8, 4) is 0 Å². The fourth-order valence-electron chi connectivity index (χ4n) is 3.29. The molecule has 7 heteroatoms. The van der Waals surface area contributed by atoms with Gasteiger partial charge in [-0.1, -0.05) is 47.5 Å². The van der Waals surface area contributed by atoms with E-state index in [4.69, 9.17) is 11.6 Å². The molecule has 6 nitrogen and oxygen atoms in total. The van der Waals surface area contributed by atoms with Gasteiger partial charge in [0.25, 0.3) is 0 Å². The monoisotopic (exact) mass is 457 g/mol. The van der Waals surface area contributed by atoms with Crippen molar-refractivity contribution in [1.82, 2.24) is 9.97 Å². The van der Waals surface area contributed by atoms with Crippen LogP contribution >= 0.6 is 11.6 Å². The quantitative estimate of drug-likeness (QED) is 0.298. The lowest BCUT2D eigenvalue weighted by Crippen LogP contribution is -2.14. The topological polar surface area (TPSA) is 78.9 Å². The number of anilines is 5. The van der Waals surface area contributed by atoms with E-state index in [0.29, 0.717) is 28.2 Å². The molecule has 0 aliphatic rings. The maximum Gasteiger partial charge on any atom is 0.228 e. The molecule has 0 bridgehead atoms. The van der Waals surface area contributed by atoms with E-state index in [2.05, 4.69) is 32.8 Å². The summed E-state index contributed by atoms with van der Waals surface area (Å²) in [6.45, 7) is 3.90. The van der Waals surface area contributed by atoms with Crippen molar-refractivity contribution in [3.63, 3.8) is 0 Å². The summed E-state index contributed by atoms with van der Waals surface area (Å²) in [6.07, 6.45) is 0.219. The molecule has 0 saturated heterocycles. The Balaban J connectivity index is 1.39. The number of benzene rings is 3. The van der Waals surface area contributed by atoms with Crippen LogP contribution in [0, 0.1) is 13.8 Å². The first-order chi connectivity index (χ1) is 15.9. The summed E-state index contributed by atoms with van der Waals surface area (Å²) in [4.78, 5) is 21.3. The first-order valence-corrected chi connectivity index (χ1v) is 10.9. The number of nitrogens with zero attached hydrogens (tertiary/aromatic N) is 2. The standard InChI is InChI=1S/C26H24ClN5O/c1-17-7-9-20(10-8-17)30-24-16-25(29-18(2)28-24)31-21-11-13-22(14-12-21)32-26(33)15-19-5-3-4-6-23(19)27/h3-14,16H,15H2,1-2H3,(H,32,33)(H2,28,29,30,31). The molecule has 166 valence electrons. The number of hydrogen-bond donors (Lipinski definition) is 3. The summed E-state index contributed by atoms with van der Waals surface area (Å²) in [5.74, 6) is 1.91. The summed E-state index contributed by atoms with van der Waals surface area (Å²) in [7, 11) is 0. The number of amides is 1. The van der Waals surface area contributed by atoms with Crippen LogP contribution in [-0.4, -0.2) is 15.9 Å². The zero-order valence-electron chi connectivity index (χ0n) is 18.4. The Morgan fingerprint density at radius 1 is 0.788 bits per heavy atom. The number of carbonyl (C=O) groups excluding carboxylic acids is 1. The van der Waals surface area contributed by atoms with Gasteiger partial charge in [-0.2, -0.15) is 0 Å². The van der Waals surface area contributed by atoms with E-state index in [1.54, 1.807) is 6.07 Å². The lowest BCUT2D eigenvalue weighted by molar-refractivity contribution is -0.115. The number of halogens is 1. The molecule has 0 atom stereocenters. The summed E-state index contributed by atoms with van der Waals surface area (Å²) in [5.41, 5.74) is 4.51. The normalized spacial score (nSPS) is 10.5. The molecule has 0 spiro atoms. The molecule has 33 heavy (non-hydrogen) atoms. The second-order valence-electron chi connectivity index (χ2n) is 7.70. The van der Waals surface area contributed by atoms with Crippen LogP contribution in [0.1, 0.15) is 17.0 Å². The molecule has 3 aromatic carbocycles. The van der Waals surface area contributed by atoms with Gasteiger partial charge in [0.1, 0.15) is 17.5 Å². The minimum absolute atomic E-state index is 0.123. The Bertz CT molecular complexity index is 1260. The van der Waals surface area contributed by atoms with Crippen LogP contribution in [0.25, 0.3) is 0 Å². The smallest absolute Gasteiger partial charge is 0.228 e. The number of nitrogens with one attached hydrogen (secondary N) is 3. The molecule has 1 heterocycles. The predicted octanol–water partition coefficient (Wildman–Crippen LogP) is 6.42. The Morgan fingerprint density at radius 2 is 1.33 bits per heavy atom. The molecule has 1 aromatic heterocycles. The molecular formula is C26H24ClN5O. The lowest BCUT2D eigenvalue weighted by Gasteiger charge is -2.11. The number of hydrogen-bond acceptors (Lipinski definition) is 5. The van der Waals surface area contributed by atoms with Crippen molar-refractivity contribution in [2.45, 2.75) is 20.3 Å². The van der Waals surface area contributed by atoms with E-state index in [1.165, 1.54) is 5.56 Å². The molecule has 0 unspecified atom stereocenters. The lowest BCUT2D eigenvalue weighted by atomic mass is 10.1. The van der Waals surface area contributed by atoms with Crippen LogP contribution in [0.15, 0.2) is 78.9 Å². The first-order valence-electron chi connectivity index (χ1n) is 10.5. The fourth-order valence-corrected chi connectivity index (χ4v) is 3.49. The number of carbonyl (C=O) groups is 1. The average Bonchev–Trinajstić information content (AvgIpc) is 2.78. The van der Waals surface area contributed by atoms with Gasteiger partial charge < -0.3 is 16.0 Å². The van der Waals surface area contributed by atoms with Gasteiger partial charge in [-0.3, -0.25) is 4.79 Å². The highest BCUT2D eigenvalue weighted by molar-refractivity contribution is 6.31. The number of aromatic nitrogens is 2. The molecule has 3 N–H and O–H groups in total. The minimum Gasteiger partial charge on any atom is -0.340 e. The van der Waals surface area contributed by atoms with Gasteiger partial charge >= 0.3 is 0 Å². The van der Waals surface area contributed by atoms with E-state index in [1.807, 2.05) is 79.7 Å². The third kappa shape index (κ3) is 6.30. The highest BCUT2D eigenvalue weighted by Gasteiger charge is 2.08. The highest BCUT2D eigenvalue weighted by Crippen LogP contribution is 2.22. The molecular weight excluding hydrogens is 434 g/mol. The zero-order valence-corrected chi connectivity index (χ0v) is 19.1. The summed E-state index contributed by atoms with van der Waals surface area (Å²) in [6, 6.07) is 24.8. The largest absolute Gasteiger partial charge is 0.340 e. The van der Waals surface area contributed by atoms with Gasteiger partial charge in [-0.05, 0) is 61.9 Å². The fraction of sp³-hybridized carbons (Fsp3) is 0.115. The van der Waals surface area contributed by atoms with Crippen LogP contribution < -0.4 is 16.0 Å². The van der Waals surface area contributed by atoms with Crippen molar-refractivity contribution >= 4 is 46.2 Å². The van der Waals surface area contributed by atoms with Gasteiger partial charge in [0, 0.05) is 28.2 Å². The summed E-state index contributed by atoms with van der Waals surface area (Å²) < 4.78 is 0. The molecule has 4 rings (SSSR count). The van der Waals surface area contributed by atoms with Crippen LogP contribution in [0.2, 0.25) is 5.02 Å². The van der Waals surface area contributed by atoms with Crippen molar-refractivity contribution in [2.75, 3.05) is 16.0 Å². The molecule has 0 aliphatic carbocycles. The maximum absolute atomic E-state index is 12.3. The average molecular weight is 458 g/mol. The minimum atomic E-state index is -0.123. The third-order valence-corrected chi connectivity index (χ3v) is 5.28. The maximum atomic E-state index is 12.3. The van der Waals surface area contributed by atoms with Crippen LogP contribution in [-0.2, 0) is 11.2 Å². The van der Waals surface area contributed by atoms with E-state index >= 15 is 0 Å². The number of rotatable bonds is 7.